The van der Waals surface area contributed by atoms with Gasteiger partial charge in [-0.1, -0.05) is 13.8 Å². The molecule has 5 heteroatoms. The van der Waals surface area contributed by atoms with Crippen LogP contribution in [0.2, 0.25) is 0 Å². The lowest BCUT2D eigenvalue weighted by molar-refractivity contribution is -0.172. The number of esters is 2. The monoisotopic (exact) mass is 418 g/mol. The van der Waals surface area contributed by atoms with E-state index in [2.05, 4.69) is 13.8 Å². The molecule has 0 saturated heterocycles. The van der Waals surface area contributed by atoms with E-state index in [4.69, 9.17) is 9.47 Å². The molecule has 9 atom stereocenters. The van der Waals surface area contributed by atoms with Crippen LogP contribution in [-0.2, 0) is 23.9 Å². The summed E-state index contributed by atoms with van der Waals surface area (Å²) in [6.07, 6.45) is 7.65. The third kappa shape index (κ3) is 3.40. The zero-order chi connectivity index (χ0) is 21.8. The van der Waals surface area contributed by atoms with Gasteiger partial charge < -0.3 is 9.47 Å². The maximum Gasteiger partial charge on any atom is 0.302 e. The van der Waals surface area contributed by atoms with E-state index in [0.29, 0.717) is 30.0 Å². The van der Waals surface area contributed by atoms with Gasteiger partial charge in [0.25, 0.3) is 0 Å². The number of hydrogen-bond acceptors (Lipinski definition) is 5. The van der Waals surface area contributed by atoms with Crippen LogP contribution in [0.25, 0.3) is 0 Å². The van der Waals surface area contributed by atoms with Crippen LogP contribution < -0.4 is 0 Å². The molecule has 0 bridgehead atoms. The molecule has 5 nitrogen and oxygen atoms in total. The molecule has 0 amide bonds. The average Bonchev–Trinajstić information content (AvgIpc) is 2.97. The minimum Gasteiger partial charge on any atom is -0.463 e. The van der Waals surface area contributed by atoms with E-state index in [1.807, 2.05) is 6.92 Å². The highest BCUT2D eigenvalue weighted by atomic mass is 16.5. The average molecular weight is 419 g/mol. The fourth-order valence-corrected chi connectivity index (χ4v) is 8.53. The van der Waals surface area contributed by atoms with Crippen molar-refractivity contribution in [1.29, 1.82) is 0 Å². The van der Waals surface area contributed by atoms with Crippen LogP contribution >= 0.6 is 0 Å². The minimum absolute atomic E-state index is 0.0153. The third-order valence-electron chi connectivity index (χ3n) is 9.62. The highest BCUT2D eigenvalue weighted by Gasteiger charge is 2.64. The first-order valence-corrected chi connectivity index (χ1v) is 11.9. The van der Waals surface area contributed by atoms with Gasteiger partial charge in [-0.15, -0.1) is 0 Å². The summed E-state index contributed by atoms with van der Waals surface area (Å²) in [4.78, 5) is 36.7. The van der Waals surface area contributed by atoms with Crippen molar-refractivity contribution in [3.8, 4) is 0 Å². The molecular weight excluding hydrogens is 380 g/mol. The number of fused-ring (bicyclic) bond motifs is 5. The predicted molar refractivity (Wildman–Crippen MR) is 112 cm³/mol. The number of Topliss-reactive ketones (excluding diaryl/α,β-unsaturated/α-hetero) is 1. The molecule has 4 fully saturated rings. The fraction of sp³-hybridized carbons (Fsp3) is 0.880. The lowest BCUT2D eigenvalue weighted by atomic mass is 9.44. The molecule has 0 spiro atoms. The number of ketones is 1. The van der Waals surface area contributed by atoms with Gasteiger partial charge in [0.1, 0.15) is 18.0 Å². The molecule has 4 aliphatic rings. The summed E-state index contributed by atoms with van der Waals surface area (Å²) in [5.74, 6) is 1.84. The second-order valence-corrected chi connectivity index (χ2v) is 11.2. The molecule has 0 radical (unpaired) electrons. The maximum absolute atomic E-state index is 13.7. The highest BCUT2D eigenvalue weighted by molar-refractivity contribution is 5.84. The van der Waals surface area contributed by atoms with Gasteiger partial charge in [0, 0.05) is 32.1 Å². The largest absolute Gasteiger partial charge is 0.463 e. The third-order valence-corrected chi connectivity index (χ3v) is 9.62. The van der Waals surface area contributed by atoms with E-state index in [9.17, 15) is 14.4 Å². The fourth-order valence-electron chi connectivity index (χ4n) is 8.53. The number of ether oxygens (including phenoxy) is 2. The summed E-state index contributed by atoms with van der Waals surface area (Å²) in [5, 5.41) is 0. The molecule has 30 heavy (non-hydrogen) atoms. The zero-order valence-corrected chi connectivity index (χ0v) is 19.2. The summed E-state index contributed by atoms with van der Waals surface area (Å²) < 4.78 is 11.1. The standard InChI is InChI=1S/C25H38O5/c1-14(29-15(2)26)20-8-9-21-19-7-6-17-12-18(30-16(3)27)10-11-24(17,4)23(19)22(28)13-25(20,21)5/h14,17-21,23H,6-13H2,1-5H3/t14-,17-,18-,19+,20-,21+,23-,24+,25-/m1/s1. The van der Waals surface area contributed by atoms with Crippen LogP contribution in [0, 0.1) is 40.4 Å². The van der Waals surface area contributed by atoms with Crippen LogP contribution in [0.3, 0.4) is 0 Å². The first-order valence-electron chi connectivity index (χ1n) is 11.9. The maximum atomic E-state index is 13.7. The van der Waals surface area contributed by atoms with Crippen LogP contribution in [0.5, 0.6) is 0 Å². The second-order valence-electron chi connectivity index (χ2n) is 11.2. The Kier molecular flexibility index (Phi) is 5.55. The molecule has 4 aliphatic carbocycles. The second kappa shape index (κ2) is 7.63. The number of carbonyl (C=O) groups excluding carboxylic acids is 3. The van der Waals surface area contributed by atoms with Crippen molar-refractivity contribution in [1.82, 2.24) is 0 Å². The Hall–Kier alpha value is -1.39. The van der Waals surface area contributed by atoms with Crippen LogP contribution in [-0.4, -0.2) is 29.9 Å². The molecule has 0 unspecified atom stereocenters. The number of hydrogen-bond donors (Lipinski definition) is 0. The summed E-state index contributed by atoms with van der Waals surface area (Å²) in [5.41, 5.74) is -0.0389. The molecule has 168 valence electrons. The molecule has 0 aromatic heterocycles. The Bertz CT molecular complexity index is 731. The molecule has 0 N–H and O–H groups in total. The first kappa shape index (κ1) is 21.8. The Balaban J connectivity index is 1.56. The van der Waals surface area contributed by atoms with Crippen molar-refractivity contribution in [2.75, 3.05) is 0 Å². The highest BCUT2D eigenvalue weighted by Crippen LogP contribution is 2.67. The zero-order valence-electron chi connectivity index (χ0n) is 19.2. The van der Waals surface area contributed by atoms with Gasteiger partial charge in [0.05, 0.1) is 0 Å². The van der Waals surface area contributed by atoms with Crippen molar-refractivity contribution < 1.29 is 23.9 Å². The van der Waals surface area contributed by atoms with Crippen molar-refractivity contribution in [3.05, 3.63) is 0 Å². The van der Waals surface area contributed by atoms with Gasteiger partial charge in [-0.3, -0.25) is 14.4 Å². The van der Waals surface area contributed by atoms with Crippen molar-refractivity contribution in [3.63, 3.8) is 0 Å². The predicted octanol–water partition coefficient (Wildman–Crippen LogP) is 4.71. The molecule has 0 aliphatic heterocycles. The van der Waals surface area contributed by atoms with E-state index in [1.54, 1.807) is 0 Å². The van der Waals surface area contributed by atoms with Crippen molar-refractivity contribution in [2.45, 2.75) is 98.2 Å². The molecule has 0 aromatic rings. The van der Waals surface area contributed by atoms with Gasteiger partial charge in [0.15, 0.2) is 0 Å². The van der Waals surface area contributed by atoms with Crippen molar-refractivity contribution >= 4 is 17.7 Å². The summed E-state index contributed by atoms with van der Waals surface area (Å²) >= 11 is 0. The number of carbonyl (C=O) groups is 3. The topological polar surface area (TPSA) is 69.7 Å². The molecular formula is C25H38O5. The SMILES string of the molecule is CC(=O)O[C@@H]1CC[C@@]2(C)[C@H](CC[C@H]3[C@@H]4CC[C@H]([C@@H](C)OC(C)=O)[C@@]4(C)CC(=O)[C@@H]32)C1. The van der Waals surface area contributed by atoms with Gasteiger partial charge >= 0.3 is 11.9 Å². The molecule has 4 saturated carbocycles. The minimum atomic E-state index is -0.230. The van der Waals surface area contributed by atoms with Crippen LogP contribution in [0.1, 0.15) is 86.0 Å². The Morgan fingerprint density at radius 1 is 1.00 bits per heavy atom. The van der Waals surface area contributed by atoms with Crippen LogP contribution in [0.4, 0.5) is 0 Å². The molecule has 0 aromatic carbocycles. The molecule has 4 rings (SSSR count). The van der Waals surface area contributed by atoms with E-state index in [1.165, 1.54) is 13.8 Å². The molecule has 0 heterocycles. The van der Waals surface area contributed by atoms with Crippen LogP contribution in [0.15, 0.2) is 0 Å². The van der Waals surface area contributed by atoms with E-state index in [-0.39, 0.29) is 46.8 Å². The van der Waals surface area contributed by atoms with Gasteiger partial charge in [-0.2, -0.15) is 0 Å². The Morgan fingerprint density at radius 3 is 2.40 bits per heavy atom. The Morgan fingerprint density at radius 2 is 1.73 bits per heavy atom. The Labute approximate surface area is 180 Å². The summed E-state index contributed by atoms with van der Waals surface area (Å²) in [6.45, 7) is 9.60. The summed E-state index contributed by atoms with van der Waals surface area (Å²) in [7, 11) is 0. The van der Waals surface area contributed by atoms with Crippen molar-refractivity contribution in [2.24, 2.45) is 40.4 Å². The first-order chi connectivity index (χ1) is 14.1. The van der Waals surface area contributed by atoms with E-state index in [0.717, 1.165) is 44.9 Å². The van der Waals surface area contributed by atoms with Gasteiger partial charge in [-0.05, 0) is 80.5 Å². The lowest BCUT2D eigenvalue weighted by Crippen LogP contribution is -2.58. The quantitative estimate of drug-likeness (QED) is 0.621. The van der Waals surface area contributed by atoms with E-state index >= 15 is 0 Å². The van der Waals surface area contributed by atoms with Gasteiger partial charge in [-0.25, -0.2) is 0 Å². The number of rotatable bonds is 3. The lowest BCUT2D eigenvalue weighted by Gasteiger charge is -2.60. The van der Waals surface area contributed by atoms with E-state index < -0.39 is 0 Å². The smallest absolute Gasteiger partial charge is 0.302 e. The van der Waals surface area contributed by atoms with Gasteiger partial charge in [0.2, 0.25) is 0 Å². The normalized spacial score (nSPS) is 46.2. The summed E-state index contributed by atoms with van der Waals surface area (Å²) in [6, 6.07) is 0.